The molecule has 2 unspecified atom stereocenters. The summed E-state index contributed by atoms with van der Waals surface area (Å²) >= 11 is 0. The molecule has 6 heteroatoms. The second-order valence-electron chi connectivity index (χ2n) is 14.8. The molecule has 0 saturated heterocycles. The van der Waals surface area contributed by atoms with Gasteiger partial charge in [0.1, 0.15) is 10.6 Å². The molecule has 5 rings (SSSR count). The first kappa shape index (κ1) is 32.2. The molecule has 1 aliphatic rings. The first-order valence-corrected chi connectivity index (χ1v) is 27.8. The van der Waals surface area contributed by atoms with E-state index in [-0.39, 0.29) is 0 Å². The van der Waals surface area contributed by atoms with Crippen LogP contribution >= 0.6 is 14.3 Å². The standard InChI is InChI=1S/C37H51N2P2Si2/c1-26-16-20-34-32(22-26)39(6)33-23-27(2)17-21-36(33)41(7,43(11,12)13)37-25-29(4)15-19-31(37)38(5)30-18-14-28(3)24-35(30)40(34)42(8,9)10/h14-25H,1-13H3/q+1. The maximum atomic E-state index is 2.65. The minimum absolute atomic E-state index is 0.585. The van der Waals surface area contributed by atoms with Gasteiger partial charge in [0.25, 0.3) is 0 Å². The molecule has 1 heterocycles. The molecule has 0 N–H and O–H groups in total. The number of fused-ring (bicyclic) bond motifs is 4. The Labute approximate surface area is 265 Å². The van der Waals surface area contributed by atoms with Gasteiger partial charge >= 0.3 is 0 Å². The Morgan fingerprint density at radius 1 is 0.512 bits per heavy atom. The molecule has 0 radical (unpaired) electrons. The van der Waals surface area contributed by atoms with Crippen molar-refractivity contribution in [3.05, 3.63) is 95.1 Å². The second kappa shape index (κ2) is 11.3. The van der Waals surface area contributed by atoms with E-state index in [4.69, 9.17) is 0 Å². The monoisotopic (exact) mass is 641 g/mol. The molecule has 2 atom stereocenters. The maximum absolute atomic E-state index is 2.65. The van der Waals surface area contributed by atoms with Crippen LogP contribution in [0.15, 0.2) is 72.8 Å². The summed E-state index contributed by atoms with van der Waals surface area (Å²) in [6.45, 7) is 25.4. The predicted octanol–water partition coefficient (Wildman–Crippen LogP) is 9.47. The minimum atomic E-state index is -1.82. The number of hydrogen-bond donors (Lipinski definition) is 0. The summed E-state index contributed by atoms with van der Waals surface area (Å²) in [7, 11) is 0.590. The molecule has 0 fully saturated rings. The Morgan fingerprint density at radius 3 is 1.60 bits per heavy atom. The molecule has 0 amide bonds. The number of anilines is 4. The lowest BCUT2D eigenvalue weighted by Crippen LogP contribution is -2.43. The van der Waals surface area contributed by atoms with Gasteiger partial charge < -0.3 is 9.80 Å². The normalized spacial score (nSPS) is 19.0. The molecular weight excluding hydrogens is 591 g/mol. The highest BCUT2D eigenvalue weighted by atomic mass is 31.4. The zero-order chi connectivity index (χ0) is 31.6. The summed E-state index contributed by atoms with van der Waals surface area (Å²) in [5, 5.41) is 6.16. The average molecular weight is 642 g/mol. The van der Waals surface area contributed by atoms with Gasteiger partial charge in [-0.3, -0.25) is 0 Å². The van der Waals surface area contributed by atoms with Gasteiger partial charge in [-0.05, 0) is 106 Å². The molecule has 0 saturated carbocycles. The van der Waals surface area contributed by atoms with Crippen molar-refractivity contribution in [2.75, 3.05) is 30.6 Å². The first-order valence-electron chi connectivity index (χ1n) is 15.5. The highest BCUT2D eigenvalue weighted by Gasteiger charge is 2.54. The summed E-state index contributed by atoms with van der Waals surface area (Å²) in [5.74, 6) is 0. The summed E-state index contributed by atoms with van der Waals surface area (Å²) < 4.78 is 0. The zero-order valence-electron chi connectivity index (χ0n) is 28.7. The highest BCUT2D eigenvalue weighted by molar-refractivity contribution is 8.17. The maximum Gasteiger partial charge on any atom is 0.232 e. The van der Waals surface area contributed by atoms with Crippen LogP contribution in [0.3, 0.4) is 0 Å². The first-order chi connectivity index (χ1) is 19.9. The van der Waals surface area contributed by atoms with Gasteiger partial charge in [-0.1, -0.05) is 63.0 Å². The van der Waals surface area contributed by atoms with Crippen molar-refractivity contribution in [3.63, 3.8) is 0 Å². The van der Waals surface area contributed by atoms with Crippen LogP contribution in [0.2, 0.25) is 39.3 Å². The van der Waals surface area contributed by atoms with Crippen molar-refractivity contribution in [2.24, 2.45) is 0 Å². The van der Waals surface area contributed by atoms with Crippen LogP contribution in [0, 0.1) is 27.7 Å². The molecule has 0 spiro atoms. The summed E-state index contributed by atoms with van der Waals surface area (Å²) in [5.41, 5.74) is 10.8. The van der Waals surface area contributed by atoms with E-state index in [0.29, 0.717) is 0 Å². The van der Waals surface area contributed by atoms with Gasteiger partial charge in [0.2, 0.25) is 7.74 Å². The third-order valence-corrected chi connectivity index (χ3v) is 32.8. The van der Waals surface area contributed by atoms with Crippen molar-refractivity contribution in [2.45, 2.75) is 67.0 Å². The van der Waals surface area contributed by atoms with Gasteiger partial charge in [-0.25, -0.2) is 0 Å². The molecule has 0 aromatic heterocycles. The Bertz CT molecular complexity index is 1700. The number of aryl methyl sites for hydroxylation is 4. The molecule has 0 bridgehead atoms. The topological polar surface area (TPSA) is 6.48 Å². The third kappa shape index (κ3) is 5.59. The van der Waals surface area contributed by atoms with E-state index in [1.807, 2.05) is 0 Å². The van der Waals surface area contributed by atoms with Gasteiger partial charge in [0.15, 0.2) is 0 Å². The van der Waals surface area contributed by atoms with Crippen molar-refractivity contribution in [1.29, 1.82) is 0 Å². The number of hydrogen-bond acceptors (Lipinski definition) is 2. The number of rotatable bonds is 2. The third-order valence-electron chi connectivity index (χ3n) is 9.43. The molecule has 43 heavy (non-hydrogen) atoms. The van der Waals surface area contributed by atoms with Crippen LogP contribution in [-0.2, 0) is 0 Å². The quantitative estimate of drug-likeness (QED) is 0.159. The highest BCUT2D eigenvalue weighted by Crippen LogP contribution is 2.65. The molecule has 4 aromatic rings. The van der Waals surface area contributed by atoms with Crippen LogP contribution in [0.25, 0.3) is 0 Å². The van der Waals surface area contributed by atoms with E-state index in [1.54, 1.807) is 10.6 Å². The average Bonchev–Trinajstić information content (AvgIpc) is 2.91. The van der Waals surface area contributed by atoms with Crippen molar-refractivity contribution < 1.29 is 0 Å². The van der Waals surface area contributed by atoms with Crippen LogP contribution in [0.5, 0.6) is 0 Å². The minimum Gasteiger partial charge on any atom is -0.341 e. The smallest absolute Gasteiger partial charge is 0.232 e. The lowest BCUT2D eigenvalue weighted by molar-refractivity contribution is 1.21. The number of benzene rings is 4. The molecule has 2 nitrogen and oxygen atoms in total. The van der Waals surface area contributed by atoms with Gasteiger partial charge in [-0.15, -0.1) is 0 Å². The molecule has 0 aliphatic carbocycles. The molecular formula is C37H51N2P2Si2+. The van der Waals surface area contributed by atoms with Gasteiger partial charge in [-0.2, -0.15) is 0 Å². The zero-order valence-corrected chi connectivity index (χ0v) is 32.5. The van der Waals surface area contributed by atoms with Gasteiger partial charge in [0, 0.05) is 49.6 Å². The molecule has 4 aromatic carbocycles. The summed E-state index contributed by atoms with van der Waals surface area (Å²) in [6.07, 6.45) is 0. The van der Waals surface area contributed by atoms with Crippen LogP contribution in [0.4, 0.5) is 22.7 Å². The van der Waals surface area contributed by atoms with Crippen molar-refractivity contribution in [3.8, 4) is 0 Å². The molecule has 1 aliphatic heterocycles. The Kier molecular flexibility index (Phi) is 8.45. The fourth-order valence-corrected chi connectivity index (χ4v) is 24.6. The largest absolute Gasteiger partial charge is 0.341 e. The van der Waals surface area contributed by atoms with Crippen molar-refractivity contribution in [1.82, 2.24) is 0 Å². The van der Waals surface area contributed by atoms with Crippen LogP contribution in [-0.4, -0.2) is 36.2 Å². The van der Waals surface area contributed by atoms with E-state index >= 15 is 0 Å². The Hall–Kier alpha value is -2.23. The fourth-order valence-electron chi connectivity index (χ4n) is 6.71. The van der Waals surface area contributed by atoms with Crippen molar-refractivity contribution >= 4 is 73.7 Å². The summed E-state index contributed by atoms with van der Waals surface area (Å²) in [6, 6.07) is 29.2. The number of nitrogens with zero attached hydrogens (tertiary/aromatic N) is 2. The Morgan fingerprint density at radius 2 is 1.00 bits per heavy atom. The SMILES string of the molecule is Cc1ccc2c(c1)N(C)c1cc(C)ccc1[P+](C)([Si](C)(C)C)c1cc(C)ccc1N(C)c1ccc(C)cc1P2[Si](C)(C)C. The van der Waals surface area contributed by atoms with E-state index in [9.17, 15) is 0 Å². The van der Waals surface area contributed by atoms with E-state index in [1.165, 1.54) is 55.6 Å². The lowest BCUT2D eigenvalue weighted by Gasteiger charge is -2.42. The second-order valence-corrected chi connectivity index (χ2v) is 40.1. The van der Waals surface area contributed by atoms with Crippen LogP contribution < -0.4 is 31.0 Å². The fraction of sp³-hybridized carbons (Fsp3) is 0.351. The van der Waals surface area contributed by atoms with E-state index < -0.39 is 29.8 Å². The van der Waals surface area contributed by atoms with E-state index in [0.717, 1.165) is 0 Å². The lowest BCUT2D eigenvalue weighted by atomic mass is 10.1. The predicted molar refractivity (Wildman–Crippen MR) is 206 cm³/mol. The van der Waals surface area contributed by atoms with E-state index in [2.05, 4.69) is 170 Å². The van der Waals surface area contributed by atoms with Crippen LogP contribution in [0.1, 0.15) is 22.3 Å². The summed E-state index contributed by atoms with van der Waals surface area (Å²) in [4.78, 5) is 5.14. The Balaban J connectivity index is 2.04. The molecule has 226 valence electrons. The van der Waals surface area contributed by atoms with Gasteiger partial charge in [0.05, 0.1) is 19.1 Å².